The molecule has 1 fully saturated rings. The minimum atomic E-state index is -1.42. The van der Waals surface area contributed by atoms with E-state index in [0.29, 0.717) is 6.42 Å². The van der Waals surface area contributed by atoms with E-state index >= 15 is 4.39 Å². The van der Waals surface area contributed by atoms with Crippen LogP contribution in [0.15, 0.2) is 35.9 Å². The van der Waals surface area contributed by atoms with Gasteiger partial charge in [-0.3, -0.25) is 0 Å². The summed E-state index contributed by atoms with van der Waals surface area (Å²) in [6, 6.07) is 5.94. The van der Waals surface area contributed by atoms with Crippen LogP contribution in [-0.4, -0.2) is 23.0 Å². The first-order valence-electron chi connectivity index (χ1n) is 7.33. The van der Waals surface area contributed by atoms with Gasteiger partial charge in [0.2, 0.25) is 0 Å². The van der Waals surface area contributed by atoms with Gasteiger partial charge in [0, 0.05) is 12.3 Å². The van der Waals surface area contributed by atoms with Gasteiger partial charge in [-0.05, 0) is 43.5 Å². The number of fused-ring (bicyclic) bond motifs is 1. The zero-order valence-corrected chi connectivity index (χ0v) is 12.2. The fourth-order valence-corrected chi connectivity index (χ4v) is 3.43. The summed E-state index contributed by atoms with van der Waals surface area (Å²) in [6.07, 6.45) is 0.916. The van der Waals surface area contributed by atoms with Gasteiger partial charge in [0.05, 0.1) is 12.2 Å². The van der Waals surface area contributed by atoms with Crippen LogP contribution in [-0.2, 0) is 4.74 Å². The van der Waals surface area contributed by atoms with Crippen molar-refractivity contribution in [2.24, 2.45) is 5.92 Å². The smallest absolute Gasteiger partial charge is 0.123 e. The lowest BCUT2D eigenvalue weighted by Crippen LogP contribution is -2.53. The van der Waals surface area contributed by atoms with E-state index in [1.54, 1.807) is 19.1 Å². The molecule has 0 aromatic heterocycles. The molecule has 0 radical (unpaired) electrons. The average molecular weight is 294 g/mol. The maximum absolute atomic E-state index is 15.0. The molecule has 3 rings (SSSR count). The molecule has 2 nitrogen and oxygen atoms in total. The lowest BCUT2D eigenvalue weighted by Gasteiger charge is -2.48. The van der Waals surface area contributed by atoms with Crippen LogP contribution in [0.25, 0.3) is 0 Å². The first kappa shape index (κ1) is 14.7. The second-order valence-electron chi connectivity index (χ2n) is 6.36. The van der Waals surface area contributed by atoms with E-state index in [1.807, 2.05) is 13.0 Å². The molecule has 1 aliphatic heterocycles. The minimum Gasteiger partial charge on any atom is -0.386 e. The van der Waals surface area contributed by atoms with Crippen LogP contribution in [0.5, 0.6) is 0 Å². The summed E-state index contributed by atoms with van der Waals surface area (Å²) in [5, 5.41) is 10.3. The molecular formula is C17H20F2O2. The summed E-state index contributed by atoms with van der Waals surface area (Å²) in [5.74, 6) is -0.667. The Morgan fingerprint density at radius 3 is 2.62 bits per heavy atom. The van der Waals surface area contributed by atoms with Crippen LogP contribution in [0.1, 0.15) is 38.4 Å². The third-order valence-corrected chi connectivity index (χ3v) is 4.79. The van der Waals surface area contributed by atoms with Crippen LogP contribution >= 0.6 is 0 Å². The number of rotatable bonds is 1. The Hall–Kier alpha value is -1.26. The van der Waals surface area contributed by atoms with E-state index in [9.17, 15) is 9.50 Å². The predicted octanol–water partition coefficient (Wildman–Crippen LogP) is 3.71. The van der Waals surface area contributed by atoms with E-state index in [2.05, 4.69) is 0 Å². The Kier molecular flexibility index (Phi) is 3.62. The maximum atomic E-state index is 15.0. The zero-order valence-electron chi connectivity index (χ0n) is 12.2. The van der Waals surface area contributed by atoms with Crippen LogP contribution in [0.4, 0.5) is 8.78 Å². The molecule has 2 unspecified atom stereocenters. The molecule has 0 bridgehead atoms. The fourth-order valence-electron chi connectivity index (χ4n) is 3.43. The summed E-state index contributed by atoms with van der Waals surface area (Å²) in [6.45, 7) is 3.41. The van der Waals surface area contributed by atoms with Gasteiger partial charge in [-0.1, -0.05) is 18.2 Å². The normalized spacial score (nSPS) is 39.6. The number of aliphatic hydroxyl groups excluding tert-OH is 1. The van der Waals surface area contributed by atoms with Crippen LogP contribution in [0, 0.1) is 11.7 Å². The molecule has 1 saturated heterocycles. The van der Waals surface area contributed by atoms with Gasteiger partial charge < -0.3 is 9.84 Å². The molecule has 1 aromatic carbocycles. The SMILES string of the molecule is CC1=CC[C@@H]2[C@@H](OC(c3ccc(F)cc3)CC2(C)F)[C@@H]1O. The molecule has 5 atom stereocenters. The molecule has 0 spiro atoms. The van der Waals surface area contributed by atoms with Crippen molar-refractivity contribution in [3.8, 4) is 0 Å². The van der Waals surface area contributed by atoms with Crippen molar-refractivity contribution in [1.82, 2.24) is 0 Å². The summed E-state index contributed by atoms with van der Waals surface area (Å²) < 4.78 is 34.0. The highest BCUT2D eigenvalue weighted by Gasteiger charge is 2.51. The molecule has 4 heteroatoms. The number of alkyl halides is 1. The van der Waals surface area contributed by atoms with Gasteiger partial charge in [-0.2, -0.15) is 0 Å². The van der Waals surface area contributed by atoms with Crippen molar-refractivity contribution in [2.75, 3.05) is 0 Å². The van der Waals surface area contributed by atoms with Crippen LogP contribution < -0.4 is 0 Å². The van der Waals surface area contributed by atoms with Crippen LogP contribution in [0.2, 0.25) is 0 Å². The van der Waals surface area contributed by atoms with Crippen molar-refractivity contribution in [2.45, 2.75) is 50.7 Å². The van der Waals surface area contributed by atoms with Crippen molar-refractivity contribution in [1.29, 1.82) is 0 Å². The van der Waals surface area contributed by atoms with Gasteiger partial charge in [0.1, 0.15) is 17.6 Å². The first-order chi connectivity index (χ1) is 9.88. The summed E-state index contributed by atoms with van der Waals surface area (Å²) in [5.41, 5.74) is 0.157. The molecule has 1 heterocycles. The van der Waals surface area contributed by atoms with Crippen LogP contribution in [0.3, 0.4) is 0 Å². The largest absolute Gasteiger partial charge is 0.386 e. The highest BCUT2D eigenvalue weighted by Crippen LogP contribution is 2.48. The maximum Gasteiger partial charge on any atom is 0.123 e. The average Bonchev–Trinajstić information content (AvgIpc) is 2.43. The first-order valence-corrected chi connectivity index (χ1v) is 7.33. The number of hydrogen-bond donors (Lipinski definition) is 1. The Morgan fingerprint density at radius 2 is 1.95 bits per heavy atom. The molecule has 1 aliphatic carbocycles. The summed E-state index contributed by atoms with van der Waals surface area (Å²) >= 11 is 0. The Bertz CT molecular complexity index is 550. The van der Waals surface area contributed by atoms with E-state index in [1.165, 1.54) is 12.1 Å². The molecule has 0 saturated carbocycles. The summed E-state index contributed by atoms with van der Waals surface area (Å²) in [7, 11) is 0. The third kappa shape index (κ3) is 2.62. The lowest BCUT2D eigenvalue weighted by molar-refractivity contribution is -0.183. The summed E-state index contributed by atoms with van der Waals surface area (Å²) in [4.78, 5) is 0. The number of allylic oxidation sites excluding steroid dienone is 1. The van der Waals surface area contributed by atoms with Crippen molar-refractivity contribution >= 4 is 0 Å². The van der Waals surface area contributed by atoms with E-state index in [0.717, 1.165) is 11.1 Å². The molecule has 2 aliphatic rings. The van der Waals surface area contributed by atoms with Gasteiger partial charge in [-0.25, -0.2) is 8.78 Å². The molecule has 1 aromatic rings. The molecular weight excluding hydrogens is 274 g/mol. The van der Waals surface area contributed by atoms with E-state index in [4.69, 9.17) is 4.74 Å². The fraction of sp³-hybridized carbons (Fsp3) is 0.529. The number of aliphatic hydroxyl groups is 1. The zero-order chi connectivity index (χ0) is 15.2. The number of ether oxygens (including phenoxy) is 1. The quantitative estimate of drug-likeness (QED) is 0.800. The second-order valence-corrected chi connectivity index (χ2v) is 6.36. The van der Waals surface area contributed by atoms with Gasteiger partial charge in [-0.15, -0.1) is 0 Å². The minimum absolute atomic E-state index is 0.222. The molecule has 0 amide bonds. The van der Waals surface area contributed by atoms with E-state index in [-0.39, 0.29) is 18.2 Å². The van der Waals surface area contributed by atoms with Crippen molar-refractivity contribution < 1.29 is 18.6 Å². The Labute approximate surface area is 123 Å². The van der Waals surface area contributed by atoms with Gasteiger partial charge in [0.25, 0.3) is 0 Å². The van der Waals surface area contributed by atoms with Gasteiger partial charge >= 0.3 is 0 Å². The third-order valence-electron chi connectivity index (χ3n) is 4.79. The molecule has 114 valence electrons. The topological polar surface area (TPSA) is 29.5 Å². The van der Waals surface area contributed by atoms with Crippen molar-refractivity contribution in [3.05, 3.63) is 47.3 Å². The monoisotopic (exact) mass is 294 g/mol. The van der Waals surface area contributed by atoms with E-state index < -0.39 is 24.0 Å². The molecule has 21 heavy (non-hydrogen) atoms. The predicted molar refractivity (Wildman–Crippen MR) is 76.0 cm³/mol. The Balaban J connectivity index is 1.90. The van der Waals surface area contributed by atoms with Gasteiger partial charge in [0.15, 0.2) is 0 Å². The lowest BCUT2D eigenvalue weighted by atomic mass is 9.71. The molecule has 1 N–H and O–H groups in total. The van der Waals surface area contributed by atoms with Crippen molar-refractivity contribution in [3.63, 3.8) is 0 Å². The Morgan fingerprint density at radius 1 is 1.29 bits per heavy atom. The second kappa shape index (κ2) is 5.18. The highest BCUT2D eigenvalue weighted by atomic mass is 19.1. The highest BCUT2D eigenvalue weighted by molar-refractivity contribution is 5.23. The number of benzene rings is 1. The standard InChI is InChI=1S/C17H20F2O2/c1-10-3-8-13-16(15(10)20)21-14(9-17(13,2)19)11-4-6-12(18)7-5-11/h3-7,13-16,20H,8-9H2,1-2H3/t13-,14?,15-,16-,17?/m1/s1. The number of hydrogen-bond acceptors (Lipinski definition) is 2. The number of halogens is 2.